The molecular formula is C15H13BrINO. The first kappa shape index (κ1) is 14.5. The summed E-state index contributed by atoms with van der Waals surface area (Å²) in [5.41, 5.74) is 3.74. The Morgan fingerprint density at radius 1 is 1.16 bits per heavy atom. The molecule has 0 saturated heterocycles. The molecule has 0 unspecified atom stereocenters. The molecule has 0 aliphatic rings. The number of halogens is 2. The second-order valence-electron chi connectivity index (χ2n) is 4.40. The predicted octanol–water partition coefficient (Wildman–Crippen LogP) is 4.92. The molecular weight excluding hydrogens is 417 g/mol. The first-order valence-corrected chi connectivity index (χ1v) is 7.68. The topological polar surface area (TPSA) is 29.1 Å². The van der Waals surface area contributed by atoms with E-state index in [1.807, 2.05) is 44.2 Å². The quantitative estimate of drug-likeness (QED) is 0.674. The van der Waals surface area contributed by atoms with Crippen LogP contribution < -0.4 is 5.32 Å². The maximum absolute atomic E-state index is 12.3. The van der Waals surface area contributed by atoms with E-state index in [4.69, 9.17) is 0 Å². The first-order valence-electron chi connectivity index (χ1n) is 5.81. The SMILES string of the molecule is Cc1ccc(NC(=O)c2cc(I)ccc2Br)c(C)c1. The summed E-state index contributed by atoms with van der Waals surface area (Å²) in [6.45, 7) is 4.03. The average molecular weight is 430 g/mol. The number of anilines is 1. The fraction of sp³-hybridized carbons (Fsp3) is 0.133. The van der Waals surface area contributed by atoms with Gasteiger partial charge in [-0.25, -0.2) is 0 Å². The molecule has 0 saturated carbocycles. The number of carbonyl (C=O) groups is 1. The van der Waals surface area contributed by atoms with Crippen molar-refractivity contribution < 1.29 is 4.79 Å². The van der Waals surface area contributed by atoms with Crippen LogP contribution in [0.2, 0.25) is 0 Å². The monoisotopic (exact) mass is 429 g/mol. The van der Waals surface area contributed by atoms with Gasteiger partial charge < -0.3 is 5.32 Å². The number of hydrogen-bond acceptors (Lipinski definition) is 1. The van der Waals surface area contributed by atoms with E-state index >= 15 is 0 Å². The van der Waals surface area contributed by atoms with E-state index in [0.717, 1.165) is 19.3 Å². The van der Waals surface area contributed by atoms with E-state index in [1.54, 1.807) is 0 Å². The van der Waals surface area contributed by atoms with Gasteiger partial charge in [-0.05, 0) is 82.2 Å². The van der Waals surface area contributed by atoms with Crippen LogP contribution in [0.5, 0.6) is 0 Å². The van der Waals surface area contributed by atoms with Gasteiger partial charge in [0, 0.05) is 13.7 Å². The second kappa shape index (κ2) is 6.05. The molecule has 2 nitrogen and oxygen atoms in total. The Balaban J connectivity index is 2.28. The van der Waals surface area contributed by atoms with Crippen LogP contribution in [0.15, 0.2) is 40.9 Å². The zero-order valence-electron chi connectivity index (χ0n) is 10.6. The standard InChI is InChI=1S/C15H13BrINO/c1-9-3-6-14(10(2)7-9)18-15(19)12-8-11(17)4-5-13(12)16/h3-8H,1-2H3,(H,18,19). The highest BCUT2D eigenvalue weighted by Crippen LogP contribution is 2.22. The van der Waals surface area contributed by atoms with Gasteiger partial charge in [-0.2, -0.15) is 0 Å². The normalized spacial score (nSPS) is 10.3. The summed E-state index contributed by atoms with van der Waals surface area (Å²) in [5, 5.41) is 2.95. The van der Waals surface area contributed by atoms with Crippen LogP contribution in [0.1, 0.15) is 21.5 Å². The average Bonchev–Trinajstić information content (AvgIpc) is 2.35. The number of rotatable bonds is 2. The van der Waals surface area contributed by atoms with Gasteiger partial charge in [0.05, 0.1) is 5.56 Å². The maximum atomic E-state index is 12.3. The highest BCUT2D eigenvalue weighted by Gasteiger charge is 2.11. The highest BCUT2D eigenvalue weighted by molar-refractivity contribution is 14.1. The van der Waals surface area contributed by atoms with E-state index in [0.29, 0.717) is 5.56 Å². The van der Waals surface area contributed by atoms with Crippen molar-refractivity contribution in [3.8, 4) is 0 Å². The van der Waals surface area contributed by atoms with Gasteiger partial charge in [-0.15, -0.1) is 0 Å². The molecule has 4 heteroatoms. The summed E-state index contributed by atoms with van der Waals surface area (Å²) >= 11 is 5.61. The van der Waals surface area contributed by atoms with E-state index in [2.05, 4.69) is 49.9 Å². The lowest BCUT2D eigenvalue weighted by molar-refractivity contribution is 0.102. The Morgan fingerprint density at radius 3 is 2.58 bits per heavy atom. The summed E-state index contributed by atoms with van der Waals surface area (Å²) in [6.07, 6.45) is 0. The largest absolute Gasteiger partial charge is 0.322 e. The van der Waals surface area contributed by atoms with E-state index < -0.39 is 0 Å². The molecule has 0 aliphatic heterocycles. The third-order valence-corrected chi connectivity index (χ3v) is 4.17. The number of nitrogens with one attached hydrogen (secondary N) is 1. The minimum atomic E-state index is -0.0997. The Bertz CT molecular complexity index is 640. The Labute approximate surface area is 134 Å². The van der Waals surface area contributed by atoms with Crippen LogP contribution in [0.4, 0.5) is 5.69 Å². The zero-order valence-corrected chi connectivity index (χ0v) is 14.4. The molecule has 0 aliphatic carbocycles. The first-order chi connectivity index (χ1) is 8.97. The summed E-state index contributed by atoms with van der Waals surface area (Å²) in [4.78, 5) is 12.3. The number of hydrogen-bond donors (Lipinski definition) is 1. The van der Waals surface area contributed by atoms with Crippen molar-refractivity contribution in [2.24, 2.45) is 0 Å². The summed E-state index contributed by atoms with van der Waals surface area (Å²) in [5.74, 6) is -0.0997. The van der Waals surface area contributed by atoms with Gasteiger partial charge in [0.25, 0.3) is 5.91 Å². The number of aryl methyl sites for hydroxylation is 2. The molecule has 0 spiro atoms. The minimum Gasteiger partial charge on any atom is -0.322 e. The third kappa shape index (κ3) is 3.57. The van der Waals surface area contributed by atoms with E-state index in [1.165, 1.54) is 5.56 Å². The molecule has 2 rings (SSSR count). The van der Waals surface area contributed by atoms with Crippen molar-refractivity contribution in [3.05, 3.63) is 61.1 Å². The lowest BCUT2D eigenvalue weighted by atomic mass is 10.1. The smallest absolute Gasteiger partial charge is 0.256 e. The number of carbonyl (C=O) groups excluding carboxylic acids is 1. The summed E-state index contributed by atoms with van der Waals surface area (Å²) in [6, 6.07) is 11.7. The molecule has 0 radical (unpaired) electrons. The Hall–Kier alpha value is -0.880. The van der Waals surface area contributed by atoms with Crippen molar-refractivity contribution in [2.45, 2.75) is 13.8 Å². The van der Waals surface area contributed by atoms with Crippen molar-refractivity contribution in [3.63, 3.8) is 0 Å². The lowest BCUT2D eigenvalue weighted by Gasteiger charge is -2.10. The molecule has 2 aromatic rings. The number of amides is 1. The predicted molar refractivity (Wildman–Crippen MR) is 90.7 cm³/mol. The van der Waals surface area contributed by atoms with E-state index in [-0.39, 0.29) is 5.91 Å². The van der Waals surface area contributed by atoms with Gasteiger partial charge >= 0.3 is 0 Å². The minimum absolute atomic E-state index is 0.0997. The molecule has 1 N–H and O–H groups in total. The van der Waals surface area contributed by atoms with Gasteiger partial charge in [0.2, 0.25) is 0 Å². The molecule has 0 heterocycles. The highest BCUT2D eigenvalue weighted by atomic mass is 127. The van der Waals surface area contributed by atoms with Gasteiger partial charge in [-0.1, -0.05) is 17.7 Å². The molecule has 1 amide bonds. The zero-order chi connectivity index (χ0) is 14.0. The van der Waals surface area contributed by atoms with E-state index in [9.17, 15) is 4.79 Å². The van der Waals surface area contributed by atoms with Gasteiger partial charge in [0.15, 0.2) is 0 Å². The van der Waals surface area contributed by atoms with Gasteiger partial charge in [-0.3, -0.25) is 4.79 Å². The third-order valence-electron chi connectivity index (χ3n) is 2.80. The molecule has 0 bridgehead atoms. The van der Waals surface area contributed by atoms with Crippen molar-refractivity contribution in [2.75, 3.05) is 5.32 Å². The fourth-order valence-corrected chi connectivity index (χ4v) is 2.73. The van der Waals surface area contributed by atoms with Crippen molar-refractivity contribution in [1.82, 2.24) is 0 Å². The van der Waals surface area contributed by atoms with Crippen LogP contribution in [0.3, 0.4) is 0 Å². The molecule has 19 heavy (non-hydrogen) atoms. The van der Waals surface area contributed by atoms with Crippen LogP contribution in [0, 0.1) is 17.4 Å². The summed E-state index contributed by atoms with van der Waals surface area (Å²) < 4.78 is 1.83. The Kier molecular flexibility index (Phi) is 4.62. The second-order valence-corrected chi connectivity index (χ2v) is 6.50. The summed E-state index contributed by atoms with van der Waals surface area (Å²) in [7, 11) is 0. The van der Waals surface area contributed by atoms with Crippen LogP contribution >= 0.6 is 38.5 Å². The molecule has 98 valence electrons. The van der Waals surface area contributed by atoms with Crippen molar-refractivity contribution >= 4 is 50.1 Å². The number of benzene rings is 2. The van der Waals surface area contributed by atoms with Crippen LogP contribution in [0.25, 0.3) is 0 Å². The molecule has 0 fully saturated rings. The fourth-order valence-electron chi connectivity index (χ4n) is 1.81. The molecule has 2 aromatic carbocycles. The lowest BCUT2D eigenvalue weighted by Crippen LogP contribution is -2.13. The van der Waals surface area contributed by atoms with Gasteiger partial charge in [0.1, 0.15) is 0 Å². The maximum Gasteiger partial charge on any atom is 0.256 e. The molecule has 0 aromatic heterocycles. The molecule has 0 atom stereocenters. The van der Waals surface area contributed by atoms with Crippen LogP contribution in [-0.4, -0.2) is 5.91 Å². The van der Waals surface area contributed by atoms with Crippen LogP contribution in [-0.2, 0) is 0 Å². The Morgan fingerprint density at radius 2 is 1.89 bits per heavy atom. The van der Waals surface area contributed by atoms with Crippen molar-refractivity contribution in [1.29, 1.82) is 0 Å².